The third kappa shape index (κ3) is 0.733. The first kappa shape index (κ1) is 4.62. The molecule has 0 amide bonds. The number of aromatic amines is 1. The summed E-state index contributed by atoms with van der Waals surface area (Å²) in [5, 5.41) is 0.0618. The van der Waals surface area contributed by atoms with Crippen LogP contribution in [0.1, 0.15) is 1.37 Å². The Kier molecular flexibility index (Phi) is 0.885. The van der Waals surface area contributed by atoms with E-state index in [4.69, 9.17) is 13.0 Å². The Balaban J connectivity index is 2.91. The van der Waals surface area contributed by atoms with E-state index in [1.54, 1.807) is 0 Å². The van der Waals surface area contributed by atoms with Crippen LogP contribution in [0.4, 0.5) is 0 Å². The molecule has 0 saturated heterocycles. The number of hydrogen-bond donors (Lipinski definition) is 1. The Morgan fingerprint density at radius 2 is 2.50 bits per heavy atom. The summed E-state index contributed by atoms with van der Waals surface area (Å²) in [5.41, 5.74) is 0.935. The molecule has 0 aliphatic carbocycles. The average Bonchev–Trinajstić information content (AvgIpc) is 2.34. The van der Waals surface area contributed by atoms with Crippen LogP contribution in [0.15, 0.2) is 12.5 Å². The second-order valence-corrected chi connectivity index (χ2v) is 2.04. The standard InChI is InChI=1S/C5H3ClN4/c6-5-7-1-3-4(10-5)9-2-8-3/h1-2H,(H,7,8,9,10)/i1D. The molecular formula is C5H3ClN4. The van der Waals surface area contributed by atoms with Gasteiger partial charge in [0.1, 0.15) is 5.52 Å². The first-order valence-corrected chi connectivity index (χ1v) is 2.98. The van der Waals surface area contributed by atoms with Crippen molar-refractivity contribution in [1.82, 2.24) is 19.9 Å². The number of nitrogens with one attached hydrogen (secondary N) is 1. The van der Waals surface area contributed by atoms with Gasteiger partial charge in [0.15, 0.2) is 5.65 Å². The normalized spacial score (nSPS) is 11.9. The minimum absolute atomic E-state index is 0.0428. The molecule has 5 heteroatoms. The molecule has 0 aliphatic heterocycles. The molecule has 0 aromatic carbocycles. The van der Waals surface area contributed by atoms with Crippen LogP contribution in [0, 0.1) is 0 Å². The van der Waals surface area contributed by atoms with Crippen molar-refractivity contribution >= 4 is 22.8 Å². The van der Waals surface area contributed by atoms with E-state index in [9.17, 15) is 0 Å². The fourth-order valence-corrected chi connectivity index (χ4v) is 0.798. The number of hydrogen-bond acceptors (Lipinski definition) is 3. The topological polar surface area (TPSA) is 54.5 Å². The molecule has 0 saturated carbocycles. The van der Waals surface area contributed by atoms with Gasteiger partial charge in [-0.2, -0.15) is 4.98 Å². The smallest absolute Gasteiger partial charge is 0.224 e. The van der Waals surface area contributed by atoms with Crippen molar-refractivity contribution in [2.75, 3.05) is 0 Å². The second-order valence-electron chi connectivity index (χ2n) is 1.70. The lowest BCUT2D eigenvalue weighted by atomic mass is 10.6. The molecule has 0 spiro atoms. The highest BCUT2D eigenvalue weighted by Crippen LogP contribution is 2.06. The van der Waals surface area contributed by atoms with Crippen LogP contribution >= 0.6 is 11.6 Å². The van der Waals surface area contributed by atoms with Gasteiger partial charge in [0.25, 0.3) is 0 Å². The fourth-order valence-electron chi connectivity index (χ4n) is 0.671. The Morgan fingerprint density at radius 1 is 1.60 bits per heavy atom. The molecule has 2 aromatic rings. The lowest BCUT2D eigenvalue weighted by Crippen LogP contribution is -1.81. The van der Waals surface area contributed by atoms with Crippen molar-refractivity contribution < 1.29 is 1.37 Å². The third-order valence-electron chi connectivity index (χ3n) is 1.08. The highest BCUT2D eigenvalue weighted by molar-refractivity contribution is 6.28. The Hall–Kier alpha value is -1.16. The van der Waals surface area contributed by atoms with E-state index in [0.717, 1.165) is 0 Å². The van der Waals surface area contributed by atoms with Gasteiger partial charge in [0.2, 0.25) is 5.28 Å². The monoisotopic (exact) mass is 155 g/mol. The van der Waals surface area contributed by atoms with E-state index in [1.165, 1.54) is 6.33 Å². The zero-order chi connectivity index (χ0) is 7.84. The summed E-state index contributed by atoms with van der Waals surface area (Å²) in [6, 6.07) is 0. The average molecular weight is 156 g/mol. The number of halogens is 1. The van der Waals surface area contributed by atoms with Gasteiger partial charge >= 0.3 is 0 Å². The van der Waals surface area contributed by atoms with Crippen LogP contribution in [-0.4, -0.2) is 19.9 Å². The molecule has 0 fully saturated rings. The molecule has 2 heterocycles. The predicted octanol–water partition coefficient (Wildman–Crippen LogP) is 1.01. The van der Waals surface area contributed by atoms with Crippen LogP contribution in [-0.2, 0) is 0 Å². The molecule has 2 aromatic heterocycles. The molecular weight excluding hydrogens is 152 g/mol. The van der Waals surface area contributed by atoms with Crippen molar-refractivity contribution in [3.63, 3.8) is 0 Å². The second kappa shape index (κ2) is 1.91. The summed E-state index contributed by atoms with van der Waals surface area (Å²) in [4.78, 5) is 14.0. The van der Waals surface area contributed by atoms with Crippen LogP contribution in [0.2, 0.25) is 5.28 Å². The van der Waals surface area contributed by atoms with Gasteiger partial charge < -0.3 is 4.98 Å². The Bertz CT molecular complexity index is 398. The zero-order valence-electron chi connectivity index (χ0n) is 5.80. The number of H-pyrrole nitrogens is 1. The van der Waals surface area contributed by atoms with Crippen molar-refractivity contribution in [3.8, 4) is 0 Å². The van der Waals surface area contributed by atoms with E-state index in [0.29, 0.717) is 11.2 Å². The molecule has 0 bridgehead atoms. The van der Waals surface area contributed by atoms with Crippen molar-refractivity contribution in [1.29, 1.82) is 0 Å². The molecule has 0 unspecified atom stereocenters. The van der Waals surface area contributed by atoms with Crippen LogP contribution in [0.25, 0.3) is 11.2 Å². The molecule has 0 radical (unpaired) electrons. The van der Waals surface area contributed by atoms with E-state index in [2.05, 4.69) is 19.9 Å². The number of rotatable bonds is 0. The minimum atomic E-state index is 0.0428. The summed E-state index contributed by atoms with van der Waals surface area (Å²) < 4.78 is 7.30. The van der Waals surface area contributed by atoms with Crippen molar-refractivity contribution in [3.05, 3.63) is 17.8 Å². The summed E-state index contributed by atoms with van der Waals surface area (Å²) in [6.07, 6.45) is 1.49. The predicted molar refractivity (Wildman–Crippen MR) is 36.7 cm³/mol. The van der Waals surface area contributed by atoms with Gasteiger partial charge in [-0.05, 0) is 11.6 Å². The Morgan fingerprint density at radius 3 is 3.40 bits per heavy atom. The lowest BCUT2D eigenvalue weighted by Gasteiger charge is -1.85. The first-order valence-electron chi connectivity index (χ1n) is 3.10. The van der Waals surface area contributed by atoms with Gasteiger partial charge in [-0.25, -0.2) is 9.97 Å². The van der Waals surface area contributed by atoms with Crippen LogP contribution in [0.3, 0.4) is 0 Å². The van der Waals surface area contributed by atoms with Gasteiger partial charge in [-0.3, -0.25) is 0 Å². The van der Waals surface area contributed by atoms with E-state index in [-0.39, 0.29) is 11.5 Å². The maximum Gasteiger partial charge on any atom is 0.224 e. The lowest BCUT2D eigenvalue weighted by molar-refractivity contribution is 1.20. The number of imidazole rings is 1. The highest BCUT2D eigenvalue weighted by Gasteiger charge is 1.96. The van der Waals surface area contributed by atoms with E-state index >= 15 is 0 Å². The summed E-state index contributed by atoms with van der Waals surface area (Å²) in [7, 11) is 0. The summed E-state index contributed by atoms with van der Waals surface area (Å²) in [6.45, 7) is 0. The van der Waals surface area contributed by atoms with Gasteiger partial charge in [0, 0.05) is 0 Å². The molecule has 50 valence electrons. The van der Waals surface area contributed by atoms with Crippen LogP contribution < -0.4 is 0 Å². The Labute approximate surface area is 62.7 Å². The number of nitrogens with zero attached hydrogens (tertiary/aromatic N) is 3. The molecule has 0 atom stereocenters. The fraction of sp³-hybridized carbons (Fsp3) is 0. The number of aromatic nitrogens is 4. The number of fused-ring (bicyclic) bond motifs is 1. The largest absolute Gasteiger partial charge is 0.329 e. The minimum Gasteiger partial charge on any atom is -0.329 e. The van der Waals surface area contributed by atoms with E-state index in [1.807, 2.05) is 0 Å². The molecule has 2 rings (SSSR count). The van der Waals surface area contributed by atoms with E-state index < -0.39 is 0 Å². The maximum absolute atomic E-state index is 7.30. The van der Waals surface area contributed by atoms with Gasteiger partial charge in [-0.15, -0.1) is 0 Å². The molecule has 0 aliphatic rings. The maximum atomic E-state index is 7.30. The quantitative estimate of drug-likeness (QED) is 0.578. The third-order valence-corrected chi connectivity index (χ3v) is 1.25. The van der Waals surface area contributed by atoms with Gasteiger partial charge in [0.05, 0.1) is 13.9 Å². The first-order chi connectivity index (χ1) is 5.27. The van der Waals surface area contributed by atoms with Crippen molar-refractivity contribution in [2.45, 2.75) is 0 Å². The molecule has 4 nitrogen and oxygen atoms in total. The zero-order valence-corrected chi connectivity index (χ0v) is 5.55. The van der Waals surface area contributed by atoms with Crippen LogP contribution in [0.5, 0.6) is 0 Å². The highest BCUT2D eigenvalue weighted by atomic mass is 35.5. The summed E-state index contributed by atoms with van der Waals surface area (Å²) >= 11 is 5.49. The molecule has 1 N–H and O–H groups in total. The SMILES string of the molecule is [2H]c1nc(Cl)nc2[nH]cnc12. The van der Waals surface area contributed by atoms with Crippen molar-refractivity contribution in [2.24, 2.45) is 0 Å². The summed E-state index contributed by atoms with van der Waals surface area (Å²) in [5.74, 6) is 0. The molecule has 10 heavy (non-hydrogen) atoms. The van der Waals surface area contributed by atoms with Gasteiger partial charge in [-0.1, -0.05) is 0 Å².